The van der Waals surface area contributed by atoms with Crippen LogP contribution in [-0.2, 0) is 0 Å². The van der Waals surface area contributed by atoms with Gasteiger partial charge in [0, 0.05) is 0 Å². The van der Waals surface area contributed by atoms with Crippen LogP contribution in [0, 0.1) is 0 Å². The fourth-order valence-corrected chi connectivity index (χ4v) is 0.849. The molecule has 0 saturated heterocycles. The van der Waals surface area contributed by atoms with Crippen LogP contribution in [0.5, 0.6) is 0 Å². The zero-order valence-electron chi connectivity index (χ0n) is 6.20. The Labute approximate surface area is 67.4 Å². The molecule has 0 spiro atoms. The van der Waals surface area contributed by atoms with Gasteiger partial charge in [0.25, 0.3) is 0 Å². The number of benzene rings is 1. The number of hydrogen-bond donors (Lipinski definition) is 2. The summed E-state index contributed by atoms with van der Waals surface area (Å²) in [6.07, 6.45) is 0. The van der Waals surface area contributed by atoms with E-state index >= 15 is 0 Å². The summed E-state index contributed by atoms with van der Waals surface area (Å²) in [5.74, 6) is 0. The van der Waals surface area contributed by atoms with E-state index in [0.717, 1.165) is 5.56 Å². The Morgan fingerprint density at radius 2 is 1.91 bits per heavy atom. The zero-order chi connectivity index (χ0) is 8.27. The highest BCUT2D eigenvalue weighted by atomic mass is 16.3. The Balaban J connectivity index is 2.81. The van der Waals surface area contributed by atoms with Gasteiger partial charge in [0.2, 0.25) is 0 Å². The summed E-state index contributed by atoms with van der Waals surface area (Å²) in [6, 6.07) is 6.87. The van der Waals surface area contributed by atoms with Crippen molar-refractivity contribution >= 4 is 13.3 Å². The van der Waals surface area contributed by atoms with Crippen LogP contribution < -0.4 is 11.2 Å². The average molecular weight is 147 g/mol. The van der Waals surface area contributed by atoms with Gasteiger partial charge in [-0.05, 0) is 5.56 Å². The summed E-state index contributed by atoms with van der Waals surface area (Å²) in [6.45, 7) is -0.0378. The number of hydrogen-bond acceptors (Lipinski definition) is 2. The van der Waals surface area contributed by atoms with E-state index < -0.39 is 0 Å². The van der Waals surface area contributed by atoms with Crippen LogP contribution in [-0.4, -0.2) is 19.6 Å². The van der Waals surface area contributed by atoms with Crippen LogP contribution in [0.1, 0.15) is 11.6 Å². The first-order chi connectivity index (χ1) is 5.24. The molecule has 0 aliphatic rings. The first kappa shape index (κ1) is 8.30. The molecule has 56 valence electrons. The van der Waals surface area contributed by atoms with E-state index in [0.29, 0.717) is 5.46 Å². The summed E-state index contributed by atoms with van der Waals surface area (Å²) >= 11 is 0. The van der Waals surface area contributed by atoms with Crippen LogP contribution in [0.2, 0.25) is 0 Å². The molecule has 11 heavy (non-hydrogen) atoms. The summed E-state index contributed by atoms with van der Waals surface area (Å²) in [5.41, 5.74) is 7.17. The van der Waals surface area contributed by atoms with Gasteiger partial charge in [0.05, 0.1) is 12.6 Å². The first-order valence-electron chi connectivity index (χ1n) is 3.46. The van der Waals surface area contributed by atoms with Gasteiger partial charge in [0.15, 0.2) is 0 Å². The van der Waals surface area contributed by atoms with Crippen molar-refractivity contribution in [2.24, 2.45) is 5.73 Å². The van der Waals surface area contributed by atoms with Crippen molar-refractivity contribution in [1.29, 1.82) is 0 Å². The molecule has 1 rings (SSSR count). The third-order valence-corrected chi connectivity index (χ3v) is 1.56. The SMILES string of the molecule is [B]c1ccc(C(N)CO)cc1. The van der Waals surface area contributed by atoms with E-state index in [2.05, 4.69) is 0 Å². The maximum atomic E-state index is 8.70. The lowest BCUT2D eigenvalue weighted by Gasteiger charge is -2.07. The highest BCUT2D eigenvalue weighted by molar-refractivity contribution is 6.32. The molecule has 0 aromatic heterocycles. The van der Waals surface area contributed by atoms with Crippen molar-refractivity contribution in [3.63, 3.8) is 0 Å². The fraction of sp³-hybridized carbons (Fsp3) is 0.250. The fourth-order valence-electron chi connectivity index (χ4n) is 0.849. The lowest BCUT2D eigenvalue weighted by molar-refractivity contribution is 0.268. The van der Waals surface area contributed by atoms with Gasteiger partial charge >= 0.3 is 0 Å². The third kappa shape index (κ3) is 2.07. The minimum absolute atomic E-state index is 0.0378. The number of rotatable bonds is 2. The summed E-state index contributed by atoms with van der Waals surface area (Å²) in [5, 5.41) is 8.70. The van der Waals surface area contributed by atoms with Crippen LogP contribution >= 0.6 is 0 Å². The van der Waals surface area contributed by atoms with Crippen molar-refractivity contribution in [2.75, 3.05) is 6.61 Å². The number of aliphatic hydroxyl groups excluding tert-OH is 1. The Morgan fingerprint density at radius 3 is 2.36 bits per heavy atom. The van der Waals surface area contributed by atoms with Gasteiger partial charge in [-0.3, -0.25) is 0 Å². The predicted octanol–water partition coefficient (Wildman–Crippen LogP) is -0.528. The molecular weight excluding hydrogens is 137 g/mol. The Morgan fingerprint density at radius 1 is 1.36 bits per heavy atom. The lowest BCUT2D eigenvalue weighted by Crippen LogP contribution is -2.15. The van der Waals surface area contributed by atoms with Crippen molar-refractivity contribution in [2.45, 2.75) is 6.04 Å². The first-order valence-corrected chi connectivity index (χ1v) is 3.46. The molecule has 0 bridgehead atoms. The molecule has 1 atom stereocenters. The van der Waals surface area contributed by atoms with Crippen LogP contribution in [0.25, 0.3) is 0 Å². The molecule has 1 aromatic rings. The topological polar surface area (TPSA) is 46.2 Å². The average Bonchev–Trinajstić information content (AvgIpc) is 2.05. The molecule has 2 radical (unpaired) electrons. The molecule has 3 heteroatoms. The Hall–Kier alpha value is -0.795. The molecule has 2 nitrogen and oxygen atoms in total. The number of aliphatic hydroxyl groups is 1. The zero-order valence-corrected chi connectivity index (χ0v) is 6.20. The van der Waals surface area contributed by atoms with Crippen LogP contribution in [0.3, 0.4) is 0 Å². The maximum Gasteiger partial charge on any atom is 0.113 e. The summed E-state index contributed by atoms with van der Waals surface area (Å²) in [4.78, 5) is 0. The molecular formula is C8H10BNO. The van der Waals surface area contributed by atoms with Crippen molar-refractivity contribution in [3.05, 3.63) is 29.8 Å². The standard InChI is InChI=1S/C8H10BNO/c9-7-3-1-6(2-4-7)8(10)5-11/h1-4,8,11H,5,10H2. The molecule has 1 unspecified atom stereocenters. The molecule has 3 N–H and O–H groups in total. The van der Waals surface area contributed by atoms with Gasteiger partial charge in [-0.1, -0.05) is 29.7 Å². The van der Waals surface area contributed by atoms with E-state index in [1.165, 1.54) is 0 Å². The second-order valence-electron chi connectivity index (χ2n) is 2.46. The molecule has 0 aliphatic carbocycles. The van der Waals surface area contributed by atoms with E-state index in [9.17, 15) is 0 Å². The second kappa shape index (κ2) is 3.55. The van der Waals surface area contributed by atoms with Gasteiger partial charge in [-0.15, -0.1) is 0 Å². The van der Waals surface area contributed by atoms with E-state index in [1.807, 2.05) is 12.1 Å². The maximum absolute atomic E-state index is 8.70. The van der Waals surface area contributed by atoms with E-state index in [1.54, 1.807) is 12.1 Å². The highest BCUT2D eigenvalue weighted by Crippen LogP contribution is 2.06. The predicted molar refractivity (Wildman–Crippen MR) is 45.8 cm³/mol. The van der Waals surface area contributed by atoms with Crippen molar-refractivity contribution in [1.82, 2.24) is 0 Å². The Kier molecular flexibility index (Phi) is 2.68. The van der Waals surface area contributed by atoms with Crippen LogP contribution in [0.4, 0.5) is 0 Å². The Bertz CT molecular complexity index is 222. The van der Waals surface area contributed by atoms with Gasteiger partial charge in [0.1, 0.15) is 7.85 Å². The monoisotopic (exact) mass is 147 g/mol. The smallest absolute Gasteiger partial charge is 0.113 e. The van der Waals surface area contributed by atoms with E-state index in [-0.39, 0.29) is 12.6 Å². The summed E-state index contributed by atoms with van der Waals surface area (Å²) in [7, 11) is 5.46. The van der Waals surface area contributed by atoms with Crippen molar-refractivity contribution < 1.29 is 5.11 Å². The quantitative estimate of drug-likeness (QED) is 0.552. The van der Waals surface area contributed by atoms with Crippen molar-refractivity contribution in [3.8, 4) is 0 Å². The van der Waals surface area contributed by atoms with Gasteiger partial charge in [-0.25, -0.2) is 0 Å². The summed E-state index contributed by atoms with van der Waals surface area (Å²) < 4.78 is 0. The molecule has 0 fully saturated rings. The minimum Gasteiger partial charge on any atom is -0.394 e. The second-order valence-corrected chi connectivity index (χ2v) is 2.46. The van der Waals surface area contributed by atoms with E-state index in [4.69, 9.17) is 18.7 Å². The normalized spacial score (nSPS) is 12.9. The molecule has 0 amide bonds. The largest absolute Gasteiger partial charge is 0.394 e. The molecule has 0 aliphatic heterocycles. The molecule has 1 aromatic carbocycles. The van der Waals surface area contributed by atoms with Gasteiger partial charge < -0.3 is 10.8 Å². The highest BCUT2D eigenvalue weighted by Gasteiger charge is 2.01. The number of nitrogens with two attached hydrogens (primary N) is 1. The lowest BCUT2D eigenvalue weighted by atomic mass is 9.94. The third-order valence-electron chi connectivity index (χ3n) is 1.56. The molecule has 0 saturated carbocycles. The van der Waals surface area contributed by atoms with Crippen LogP contribution in [0.15, 0.2) is 24.3 Å². The minimum atomic E-state index is -0.296. The van der Waals surface area contributed by atoms with Gasteiger partial charge in [-0.2, -0.15) is 0 Å². The molecule has 0 heterocycles.